The molecule has 7 nitrogen and oxygen atoms in total. The van der Waals surface area contributed by atoms with Gasteiger partial charge in [0.25, 0.3) is 5.56 Å². The second-order valence-electron chi connectivity index (χ2n) is 5.70. The van der Waals surface area contributed by atoms with Crippen molar-refractivity contribution in [1.82, 2.24) is 18.7 Å². The van der Waals surface area contributed by atoms with Gasteiger partial charge in [0.05, 0.1) is 13.1 Å². The number of aromatic nitrogens is 4. The second-order valence-corrected chi connectivity index (χ2v) is 7.33. The Hall–Kier alpha value is -2.00. The van der Waals surface area contributed by atoms with Crippen LogP contribution >= 0.6 is 31.9 Å². The van der Waals surface area contributed by atoms with E-state index in [1.54, 1.807) is 7.05 Å². The Balaban J connectivity index is 2.25. The largest absolute Gasteiger partial charge is 0.332 e. The van der Waals surface area contributed by atoms with Crippen molar-refractivity contribution < 1.29 is 4.79 Å². The van der Waals surface area contributed by atoms with E-state index in [-0.39, 0.29) is 30.0 Å². The van der Waals surface area contributed by atoms with Gasteiger partial charge in [-0.2, -0.15) is 0 Å². The van der Waals surface area contributed by atoms with Crippen LogP contribution in [0.15, 0.2) is 43.1 Å². The van der Waals surface area contributed by atoms with Gasteiger partial charge in [-0.1, -0.05) is 28.1 Å². The van der Waals surface area contributed by atoms with E-state index in [1.165, 1.54) is 16.1 Å². The molecule has 130 valence electrons. The number of imidazole rings is 1. The predicted molar refractivity (Wildman–Crippen MR) is 101 cm³/mol. The first-order chi connectivity index (χ1) is 11.8. The summed E-state index contributed by atoms with van der Waals surface area (Å²) in [6.07, 6.45) is 0. The van der Waals surface area contributed by atoms with Crippen molar-refractivity contribution in [3.63, 3.8) is 0 Å². The van der Waals surface area contributed by atoms with Gasteiger partial charge in [-0.3, -0.25) is 18.7 Å². The van der Waals surface area contributed by atoms with E-state index in [9.17, 15) is 14.4 Å². The van der Waals surface area contributed by atoms with Gasteiger partial charge in [0.2, 0.25) is 0 Å². The maximum absolute atomic E-state index is 12.9. The quantitative estimate of drug-likeness (QED) is 0.548. The molecule has 0 aliphatic rings. The predicted octanol–water partition coefficient (Wildman–Crippen LogP) is 2.06. The lowest BCUT2D eigenvalue weighted by molar-refractivity contribution is -0.117. The normalized spacial score (nSPS) is 11.2. The number of hydrogen-bond donors (Lipinski definition) is 0. The average molecular weight is 470 g/mol. The number of halogens is 2. The maximum atomic E-state index is 12.9. The van der Waals surface area contributed by atoms with Gasteiger partial charge in [0.1, 0.15) is 5.78 Å². The van der Waals surface area contributed by atoms with Crippen molar-refractivity contribution in [2.75, 3.05) is 0 Å². The molecule has 0 saturated heterocycles. The Morgan fingerprint density at radius 2 is 1.76 bits per heavy atom. The first kappa shape index (κ1) is 17.8. The summed E-state index contributed by atoms with van der Waals surface area (Å²) in [7, 11) is 1.56. The van der Waals surface area contributed by atoms with Crippen LogP contribution in [-0.4, -0.2) is 24.5 Å². The van der Waals surface area contributed by atoms with E-state index in [0.717, 1.165) is 14.6 Å². The smallest absolute Gasteiger partial charge is 0.305 e. The summed E-state index contributed by atoms with van der Waals surface area (Å²) in [4.78, 5) is 41.3. The van der Waals surface area contributed by atoms with Crippen molar-refractivity contribution in [1.29, 1.82) is 0 Å². The number of nitrogens with zero attached hydrogens (tertiary/aromatic N) is 4. The highest BCUT2D eigenvalue weighted by Gasteiger charge is 2.20. The number of aryl methyl sites for hydroxylation is 1. The van der Waals surface area contributed by atoms with Crippen LogP contribution in [0.4, 0.5) is 0 Å². The number of ketones is 1. The first-order valence-electron chi connectivity index (χ1n) is 7.39. The van der Waals surface area contributed by atoms with Crippen LogP contribution in [-0.2, 0) is 24.9 Å². The standard InChI is InChI=1S/C16H14Br2N4O3/c1-9(23)7-21-12-13(19-15(21)18)20(2)16(25)22(14(12)24)8-10-3-5-11(17)6-4-10/h3-6H,7-8H2,1-2H3. The van der Waals surface area contributed by atoms with Crippen LogP contribution in [0.3, 0.4) is 0 Å². The summed E-state index contributed by atoms with van der Waals surface area (Å²) in [5.74, 6) is -0.118. The highest BCUT2D eigenvalue weighted by Crippen LogP contribution is 2.16. The van der Waals surface area contributed by atoms with Crippen molar-refractivity contribution in [2.45, 2.75) is 20.0 Å². The van der Waals surface area contributed by atoms with E-state index >= 15 is 0 Å². The molecule has 3 aromatic rings. The number of hydrogen-bond acceptors (Lipinski definition) is 4. The third kappa shape index (κ3) is 3.25. The summed E-state index contributed by atoms with van der Waals surface area (Å²) in [6, 6.07) is 7.37. The Bertz CT molecular complexity index is 1090. The van der Waals surface area contributed by atoms with E-state index in [1.807, 2.05) is 24.3 Å². The van der Waals surface area contributed by atoms with Gasteiger partial charge in [-0.25, -0.2) is 9.78 Å². The van der Waals surface area contributed by atoms with Crippen LogP contribution in [0.2, 0.25) is 0 Å². The SMILES string of the molecule is CC(=O)Cn1c(Br)nc2c1c(=O)n(Cc1ccc(Br)cc1)c(=O)n2C. The van der Waals surface area contributed by atoms with Crippen LogP contribution in [0.1, 0.15) is 12.5 Å². The Labute approximate surface area is 159 Å². The molecule has 25 heavy (non-hydrogen) atoms. The molecule has 2 aromatic heterocycles. The zero-order valence-corrected chi connectivity index (χ0v) is 16.7. The van der Waals surface area contributed by atoms with Crippen LogP contribution in [0.25, 0.3) is 11.2 Å². The molecule has 0 fully saturated rings. The zero-order chi connectivity index (χ0) is 18.3. The highest BCUT2D eigenvalue weighted by molar-refractivity contribution is 9.10. The third-order valence-corrected chi connectivity index (χ3v) is 4.95. The third-order valence-electron chi connectivity index (χ3n) is 3.82. The van der Waals surface area contributed by atoms with Gasteiger partial charge in [-0.15, -0.1) is 0 Å². The molecular weight excluding hydrogens is 456 g/mol. The maximum Gasteiger partial charge on any atom is 0.332 e. The summed E-state index contributed by atoms with van der Waals surface area (Å²) < 4.78 is 5.20. The van der Waals surface area contributed by atoms with Crippen molar-refractivity contribution in [2.24, 2.45) is 7.05 Å². The van der Waals surface area contributed by atoms with Crippen LogP contribution in [0, 0.1) is 0 Å². The Kier molecular flexibility index (Phi) is 4.79. The van der Waals surface area contributed by atoms with Crippen LogP contribution < -0.4 is 11.2 Å². The Morgan fingerprint density at radius 3 is 2.36 bits per heavy atom. The van der Waals surface area contributed by atoms with Crippen molar-refractivity contribution >= 4 is 48.8 Å². The molecule has 0 radical (unpaired) electrons. The number of carbonyl (C=O) groups excluding carboxylic acids is 1. The topological polar surface area (TPSA) is 78.9 Å². The number of carbonyl (C=O) groups is 1. The molecule has 0 N–H and O–H groups in total. The van der Waals surface area contributed by atoms with E-state index in [2.05, 4.69) is 36.8 Å². The zero-order valence-electron chi connectivity index (χ0n) is 13.5. The Morgan fingerprint density at radius 1 is 1.12 bits per heavy atom. The number of benzene rings is 1. The monoisotopic (exact) mass is 468 g/mol. The van der Waals surface area contributed by atoms with Crippen LogP contribution in [0.5, 0.6) is 0 Å². The van der Waals surface area contributed by atoms with Gasteiger partial charge in [0, 0.05) is 11.5 Å². The lowest BCUT2D eigenvalue weighted by atomic mass is 10.2. The van der Waals surface area contributed by atoms with Gasteiger partial charge < -0.3 is 4.57 Å². The van der Waals surface area contributed by atoms with E-state index < -0.39 is 11.2 Å². The number of fused-ring (bicyclic) bond motifs is 1. The molecule has 0 bridgehead atoms. The number of Topliss-reactive ketones (excluding diaryl/α,β-unsaturated/α-hetero) is 1. The molecule has 0 unspecified atom stereocenters. The molecular formula is C16H14Br2N4O3. The fourth-order valence-corrected chi connectivity index (χ4v) is 3.36. The molecule has 0 amide bonds. The molecule has 2 heterocycles. The van der Waals surface area contributed by atoms with Crippen molar-refractivity contribution in [3.05, 3.63) is 59.9 Å². The summed E-state index contributed by atoms with van der Waals surface area (Å²) in [6.45, 7) is 1.57. The molecule has 0 aliphatic heterocycles. The van der Waals surface area contributed by atoms with E-state index in [0.29, 0.717) is 4.73 Å². The second kappa shape index (κ2) is 6.72. The fourth-order valence-electron chi connectivity index (χ4n) is 2.62. The lowest BCUT2D eigenvalue weighted by Gasteiger charge is -2.09. The minimum absolute atomic E-state index is 0.00279. The molecule has 1 aromatic carbocycles. The first-order valence-corrected chi connectivity index (χ1v) is 8.97. The van der Waals surface area contributed by atoms with Gasteiger partial charge in [0.15, 0.2) is 15.9 Å². The summed E-state index contributed by atoms with van der Waals surface area (Å²) in [5, 5.41) is 0. The molecule has 3 rings (SSSR count). The van der Waals surface area contributed by atoms with E-state index in [4.69, 9.17) is 0 Å². The molecule has 9 heteroatoms. The summed E-state index contributed by atoms with van der Waals surface area (Å²) >= 11 is 6.62. The molecule has 0 atom stereocenters. The number of rotatable bonds is 4. The minimum atomic E-state index is -0.472. The highest BCUT2D eigenvalue weighted by atomic mass is 79.9. The van der Waals surface area contributed by atoms with Crippen molar-refractivity contribution in [3.8, 4) is 0 Å². The minimum Gasteiger partial charge on any atom is -0.305 e. The fraction of sp³-hybridized carbons (Fsp3) is 0.250. The van der Waals surface area contributed by atoms with Gasteiger partial charge >= 0.3 is 5.69 Å². The summed E-state index contributed by atoms with van der Waals surface area (Å²) in [5.41, 5.74) is 0.357. The lowest BCUT2D eigenvalue weighted by Crippen LogP contribution is -2.40. The molecule has 0 spiro atoms. The molecule has 0 aliphatic carbocycles. The average Bonchev–Trinajstić information content (AvgIpc) is 2.88. The molecule has 0 saturated carbocycles. The van der Waals surface area contributed by atoms with Gasteiger partial charge in [-0.05, 0) is 40.5 Å².